The normalized spacial score (nSPS) is 13.2. The van der Waals surface area contributed by atoms with Gasteiger partial charge >= 0.3 is 0 Å². The van der Waals surface area contributed by atoms with Crippen LogP contribution in [0.5, 0.6) is 0 Å². The lowest BCUT2D eigenvalue weighted by atomic mass is 10.2. The van der Waals surface area contributed by atoms with E-state index in [4.69, 9.17) is 0 Å². The Hall–Kier alpha value is -0.0800. The van der Waals surface area contributed by atoms with E-state index in [0.717, 1.165) is 6.54 Å². The van der Waals surface area contributed by atoms with E-state index in [9.17, 15) is 0 Å². The van der Waals surface area contributed by atoms with E-state index in [1.165, 1.54) is 32.2 Å². The number of nitrogens with one attached hydrogen (secondary N) is 2. The molecule has 0 aromatic rings. The second kappa shape index (κ2) is 9.01. The smallest absolute Gasteiger partial charge is 0.0164 e. The first-order chi connectivity index (χ1) is 5.81. The fourth-order valence-corrected chi connectivity index (χ4v) is 1.28. The zero-order valence-corrected chi connectivity index (χ0v) is 8.82. The predicted molar refractivity (Wildman–Crippen MR) is 55.5 cm³/mol. The van der Waals surface area contributed by atoms with Gasteiger partial charge in [0.2, 0.25) is 0 Å². The molecule has 0 spiro atoms. The molecule has 1 unspecified atom stereocenters. The van der Waals surface area contributed by atoms with Crippen LogP contribution in [0.1, 0.15) is 39.5 Å². The molecular weight excluding hydrogens is 148 g/mol. The summed E-state index contributed by atoms with van der Waals surface area (Å²) in [5, 5.41) is 6.64. The SMILES string of the molecule is CCCCCCNC(C)CNC. The van der Waals surface area contributed by atoms with Gasteiger partial charge in [0.15, 0.2) is 0 Å². The average Bonchev–Trinajstić information content (AvgIpc) is 2.05. The topological polar surface area (TPSA) is 24.1 Å². The monoisotopic (exact) mass is 172 g/mol. The molecule has 0 bridgehead atoms. The van der Waals surface area contributed by atoms with Gasteiger partial charge in [-0.25, -0.2) is 0 Å². The fourth-order valence-electron chi connectivity index (χ4n) is 1.28. The van der Waals surface area contributed by atoms with Crippen molar-refractivity contribution in [1.29, 1.82) is 0 Å². The summed E-state index contributed by atoms with van der Waals surface area (Å²) in [6.45, 7) is 6.70. The molecule has 0 aliphatic carbocycles. The Morgan fingerprint density at radius 1 is 1.17 bits per heavy atom. The maximum absolute atomic E-state index is 3.48. The summed E-state index contributed by atoms with van der Waals surface area (Å²) in [4.78, 5) is 0. The van der Waals surface area contributed by atoms with Crippen LogP contribution in [0.25, 0.3) is 0 Å². The third-order valence-electron chi connectivity index (χ3n) is 2.03. The van der Waals surface area contributed by atoms with Crippen molar-refractivity contribution < 1.29 is 0 Å². The van der Waals surface area contributed by atoms with Gasteiger partial charge < -0.3 is 10.6 Å². The first kappa shape index (κ1) is 11.9. The summed E-state index contributed by atoms with van der Waals surface area (Å²) in [5.74, 6) is 0. The van der Waals surface area contributed by atoms with Gasteiger partial charge in [0.1, 0.15) is 0 Å². The summed E-state index contributed by atoms with van der Waals surface area (Å²) in [6.07, 6.45) is 5.39. The molecule has 0 fully saturated rings. The molecule has 74 valence electrons. The number of likely N-dealkylation sites (N-methyl/N-ethyl adjacent to an activating group) is 1. The lowest BCUT2D eigenvalue weighted by molar-refractivity contribution is 0.503. The van der Waals surface area contributed by atoms with E-state index in [-0.39, 0.29) is 0 Å². The quantitative estimate of drug-likeness (QED) is 0.545. The van der Waals surface area contributed by atoms with Gasteiger partial charge in [-0.05, 0) is 26.9 Å². The third kappa shape index (κ3) is 8.02. The van der Waals surface area contributed by atoms with Crippen LogP contribution in [0.3, 0.4) is 0 Å². The second-order valence-electron chi connectivity index (χ2n) is 3.47. The van der Waals surface area contributed by atoms with E-state index in [0.29, 0.717) is 6.04 Å². The third-order valence-corrected chi connectivity index (χ3v) is 2.03. The van der Waals surface area contributed by atoms with Gasteiger partial charge in [-0.1, -0.05) is 26.2 Å². The van der Waals surface area contributed by atoms with E-state index in [2.05, 4.69) is 24.5 Å². The van der Waals surface area contributed by atoms with Crippen LogP contribution in [0.2, 0.25) is 0 Å². The fraction of sp³-hybridized carbons (Fsp3) is 1.00. The molecule has 2 nitrogen and oxygen atoms in total. The molecule has 2 heteroatoms. The van der Waals surface area contributed by atoms with E-state index in [1.807, 2.05) is 7.05 Å². The predicted octanol–water partition coefficient (Wildman–Crippen LogP) is 1.76. The van der Waals surface area contributed by atoms with Crippen molar-refractivity contribution in [2.24, 2.45) is 0 Å². The lowest BCUT2D eigenvalue weighted by Gasteiger charge is -2.12. The van der Waals surface area contributed by atoms with Crippen molar-refractivity contribution in [1.82, 2.24) is 10.6 Å². The average molecular weight is 172 g/mol. The van der Waals surface area contributed by atoms with Crippen LogP contribution in [-0.4, -0.2) is 26.2 Å². The molecule has 0 rings (SSSR count). The van der Waals surface area contributed by atoms with E-state index in [1.54, 1.807) is 0 Å². The Bertz CT molecular complexity index is 83.9. The largest absolute Gasteiger partial charge is 0.318 e. The molecule has 0 radical (unpaired) electrons. The summed E-state index contributed by atoms with van der Waals surface area (Å²) in [5.41, 5.74) is 0. The summed E-state index contributed by atoms with van der Waals surface area (Å²) in [6, 6.07) is 0.608. The molecule has 0 aromatic heterocycles. The van der Waals surface area contributed by atoms with Crippen molar-refractivity contribution in [3.63, 3.8) is 0 Å². The maximum Gasteiger partial charge on any atom is 0.0164 e. The molecule has 0 aliphatic heterocycles. The first-order valence-corrected chi connectivity index (χ1v) is 5.19. The molecule has 0 aliphatic rings. The van der Waals surface area contributed by atoms with E-state index >= 15 is 0 Å². The van der Waals surface area contributed by atoms with E-state index < -0.39 is 0 Å². The zero-order valence-electron chi connectivity index (χ0n) is 8.82. The second-order valence-corrected chi connectivity index (χ2v) is 3.47. The molecule has 0 saturated heterocycles. The Kier molecular flexibility index (Phi) is 8.95. The van der Waals surface area contributed by atoms with Crippen molar-refractivity contribution >= 4 is 0 Å². The Morgan fingerprint density at radius 3 is 2.50 bits per heavy atom. The molecule has 0 saturated carbocycles. The van der Waals surface area contributed by atoms with Crippen molar-refractivity contribution in [3.05, 3.63) is 0 Å². The Balaban J connectivity index is 2.97. The highest BCUT2D eigenvalue weighted by Gasteiger charge is 1.96. The lowest BCUT2D eigenvalue weighted by Crippen LogP contribution is -2.35. The number of rotatable bonds is 8. The molecule has 0 amide bonds. The van der Waals surface area contributed by atoms with Crippen LogP contribution < -0.4 is 10.6 Å². The van der Waals surface area contributed by atoms with Gasteiger partial charge in [0.25, 0.3) is 0 Å². The number of hydrogen-bond acceptors (Lipinski definition) is 2. The highest BCUT2D eigenvalue weighted by molar-refractivity contribution is 4.61. The summed E-state index contributed by atoms with van der Waals surface area (Å²) < 4.78 is 0. The van der Waals surface area contributed by atoms with Gasteiger partial charge in [-0.15, -0.1) is 0 Å². The van der Waals surface area contributed by atoms with Crippen LogP contribution >= 0.6 is 0 Å². The number of unbranched alkanes of at least 4 members (excludes halogenated alkanes) is 3. The molecule has 12 heavy (non-hydrogen) atoms. The van der Waals surface area contributed by atoms with Gasteiger partial charge in [0, 0.05) is 12.6 Å². The zero-order chi connectivity index (χ0) is 9.23. The molecule has 1 atom stereocenters. The van der Waals surface area contributed by atoms with Crippen molar-refractivity contribution in [3.8, 4) is 0 Å². The molecular formula is C10H24N2. The number of hydrogen-bond donors (Lipinski definition) is 2. The summed E-state index contributed by atoms with van der Waals surface area (Å²) in [7, 11) is 2.00. The maximum atomic E-state index is 3.48. The minimum atomic E-state index is 0.608. The van der Waals surface area contributed by atoms with Crippen LogP contribution in [0.4, 0.5) is 0 Å². The van der Waals surface area contributed by atoms with Crippen molar-refractivity contribution in [2.75, 3.05) is 20.1 Å². The summed E-state index contributed by atoms with van der Waals surface area (Å²) >= 11 is 0. The standard InChI is InChI=1S/C10H24N2/c1-4-5-6-7-8-12-10(2)9-11-3/h10-12H,4-9H2,1-3H3. The van der Waals surface area contributed by atoms with Gasteiger partial charge in [-0.3, -0.25) is 0 Å². The van der Waals surface area contributed by atoms with Gasteiger partial charge in [-0.2, -0.15) is 0 Å². The highest BCUT2D eigenvalue weighted by Crippen LogP contribution is 1.97. The Labute approximate surface area is 77.1 Å². The minimum absolute atomic E-state index is 0.608. The molecule has 2 N–H and O–H groups in total. The minimum Gasteiger partial charge on any atom is -0.318 e. The molecule has 0 heterocycles. The van der Waals surface area contributed by atoms with Crippen LogP contribution in [0, 0.1) is 0 Å². The van der Waals surface area contributed by atoms with Crippen LogP contribution in [0.15, 0.2) is 0 Å². The first-order valence-electron chi connectivity index (χ1n) is 5.19. The van der Waals surface area contributed by atoms with Gasteiger partial charge in [0.05, 0.1) is 0 Å². The van der Waals surface area contributed by atoms with Crippen LogP contribution in [-0.2, 0) is 0 Å². The Morgan fingerprint density at radius 2 is 1.92 bits per heavy atom. The van der Waals surface area contributed by atoms with Crippen molar-refractivity contribution in [2.45, 2.75) is 45.6 Å². The molecule has 0 aromatic carbocycles. The highest BCUT2D eigenvalue weighted by atomic mass is 15.0.